The van der Waals surface area contributed by atoms with Gasteiger partial charge in [-0.1, -0.05) is 18.6 Å². The Balaban J connectivity index is 3.47. The molecule has 78 valence electrons. The van der Waals surface area contributed by atoms with E-state index in [1.165, 1.54) is 5.57 Å². The lowest BCUT2D eigenvalue weighted by molar-refractivity contribution is 0.0498. The summed E-state index contributed by atoms with van der Waals surface area (Å²) < 4.78 is 0. The zero-order valence-electron chi connectivity index (χ0n) is 8.95. The lowest BCUT2D eigenvalue weighted by atomic mass is 9.98. The van der Waals surface area contributed by atoms with Crippen LogP contribution in [0.1, 0.15) is 40.0 Å². The van der Waals surface area contributed by atoms with Gasteiger partial charge in [-0.2, -0.15) is 0 Å². The standard InChI is InChI=1S/C11H22O2/c1-9(2)6-4-5-7-10(3)11(13)8-12/h6,10-13H,4-5,7-8H2,1-3H3/t10?,11-/m0/s1. The van der Waals surface area contributed by atoms with Crippen LogP contribution in [0.2, 0.25) is 0 Å². The molecule has 0 radical (unpaired) electrons. The number of aliphatic hydroxyl groups is 2. The molecule has 0 aliphatic heterocycles. The van der Waals surface area contributed by atoms with Crippen molar-refractivity contribution < 1.29 is 10.2 Å². The molecule has 0 fully saturated rings. The highest BCUT2D eigenvalue weighted by atomic mass is 16.3. The van der Waals surface area contributed by atoms with E-state index in [0.29, 0.717) is 0 Å². The molecule has 0 spiro atoms. The molecular formula is C11H22O2. The fourth-order valence-electron chi connectivity index (χ4n) is 1.20. The molecular weight excluding hydrogens is 164 g/mol. The lowest BCUT2D eigenvalue weighted by Crippen LogP contribution is -2.21. The van der Waals surface area contributed by atoms with Gasteiger partial charge in [-0.05, 0) is 39.0 Å². The number of hydrogen-bond acceptors (Lipinski definition) is 2. The van der Waals surface area contributed by atoms with Gasteiger partial charge in [-0.15, -0.1) is 0 Å². The van der Waals surface area contributed by atoms with Crippen molar-refractivity contribution in [2.75, 3.05) is 6.61 Å². The van der Waals surface area contributed by atoms with Gasteiger partial charge in [0, 0.05) is 0 Å². The Bertz CT molecular complexity index is 148. The predicted octanol–water partition coefficient (Wildman–Crippen LogP) is 2.11. The lowest BCUT2D eigenvalue weighted by Gasteiger charge is -2.15. The highest BCUT2D eigenvalue weighted by molar-refractivity contribution is 4.92. The first-order valence-electron chi connectivity index (χ1n) is 5.00. The van der Waals surface area contributed by atoms with Gasteiger partial charge in [0.25, 0.3) is 0 Å². The van der Waals surface area contributed by atoms with E-state index in [2.05, 4.69) is 19.9 Å². The SMILES string of the molecule is CC(C)=CCCCC(C)[C@@H](O)CO. The summed E-state index contributed by atoms with van der Waals surface area (Å²) in [5.41, 5.74) is 1.34. The fourth-order valence-corrected chi connectivity index (χ4v) is 1.20. The smallest absolute Gasteiger partial charge is 0.0796 e. The van der Waals surface area contributed by atoms with E-state index in [4.69, 9.17) is 5.11 Å². The molecule has 0 rings (SSSR count). The Morgan fingerprint density at radius 3 is 2.46 bits per heavy atom. The molecule has 0 aliphatic carbocycles. The molecule has 2 heteroatoms. The van der Waals surface area contributed by atoms with Crippen molar-refractivity contribution in [3.05, 3.63) is 11.6 Å². The Morgan fingerprint density at radius 2 is 2.00 bits per heavy atom. The molecule has 0 aromatic heterocycles. The third-order valence-electron chi connectivity index (χ3n) is 2.26. The molecule has 0 aliphatic rings. The number of rotatable bonds is 6. The fraction of sp³-hybridized carbons (Fsp3) is 0.818. The molecule has 2 N–H and O–H groups in total. The van der Waals surface area contributed by atoms with Crippen molar-refractivity contribution >= 4 is 0 Å². The number of aliphatic hydroxyl groups excluding tert-OH is 2. The largest absolute Gasteiger partial charge is 0.394 e. The van der Waals surface area contributed by atoms with Crippen molar-refractivity contribution in [2.45, 2.75) is 46.1 Å². The third kappa shape index (κ3) is 6.79. The van der Waals surface area contributed by atoms with Crippen LogP contribution in [0.15, 0.2) is 11.6 Å². The summed E-state index contributed by atoms with van der Waals surface area (Å²) >= 11 is 0. The van der Waals surface area contributed by atoms with Gasteiger partial charge in [-0.25, -0.2) is 0 Å². The second-order valence-corrected chi connectivity index (χ2v) is 3.94. The molecule has 0 saturated heterocycles. The zero-order chi connectivity index (χ0) is 10.3. The monoisotopic (exact) mass is 186 g/mol. The summed E-state index contributed by atoms with van der Waals surface area (Å²) in [5, 5.41) is 18.0. The molecule has 0 saturated carbocycles. The van der Waals surface area contributed by atoms with Crippen molar-refractivity contribution in [2.24, 2.45) is 5.92 Å². The highest BCUT2D eigenvalue weighted by Crippen LogP contribution is 2.12. The van der Waals surface area contributed by atoms with E-state index in [0.717, 1.165) is 19.3 Å². The van der Waals surface area contributed by atoms with E-state index < -0.39 is 6.10 Å². The number of unbranched alkanes of at least 4 members (excludes halogenated alkanes) is 1. The molecule has 0 heterocycles. The minimum Gasteiger partial charge on any atom is -0.394 e. The summed E-state index contributed by atoms with van der Waals surface area (Å²) in [6, 6.07) is 0. The Morgan fingerprint density at radius 1 is 1.38 bits per heavy atom. The van der Waals surface area contributed by atoms with E-state index in [1.54, 1.807) is 0 Å². The van der Waals surface area contributed by atoms with Crippen LogP contribution in [0, 0.1) is 5.92 Å². The molecule has 0 aromatic carbocycles. The topological polar surface area (TPSA) is 40.5 Å². The Labute approximate surface area is 81.3 Å². The molecule has 2 nitrogen and oxygen atoms in total. The molecule has 0 amide bonds. The Hall–Kier alpha value is -0.340. The summed E-state index contributed by atoms with van der Waals surface area (Å²) in [7, 11) is 0. The van der Waals surface area contributed by atoms with Crippen LogP contribution in [-0.2, 0) is 0 Å². The average Bonchev–Trinajstić information content (AvgIpc) is 2.10. The van der Waals surface area contributed by atoms with Gasteiger partial charge in [0.2, 0.25) is 0 Å². The molecule has 2 atom stereocenters. The Kier molecular flexibility index (Phi) is 6.92. The summed E-state index contributed by atoms with van der Waals surface area (Å²) in [6.07, 6.45) is 4.80. The van der Waals surface area contributed by atoms with Gasteiger partial charge in [0.1, 0.15) is 0 Å². The molecule has 13 heavy (non-hydrogen) atoms. The first kappa shape index (κ1) is 12.7. The first-order valence-corrected chi connectivity index (χ1v) is 5.00. The van der Waals surface area contributed by atoms with Crippen LogP contribution in [0.4, 0.5) is 0 Å². The number of allylic oxidation sites excluding steroid dienone is 2. The van der Waals surface area contributed by atoms with Crippen molar-refractivity contribution in [3.63, 3.8) is 0 Å². The molecule has 0 aromatic rings. The number of hydrogen-bond donors (Lipinski definition) is 2. The third-order valence-corrected chi connectivity index (χ3v) is 2.26. The average molecular weight is 186 g/mol. The van der Waals surface area contributed by atoms with Crippen molar-refractivity contribution in [1.82, 2.24) is 0 Å². The second kappa shape index (κ2) is 7.10. The van der Waals surface area contributed by atoms with E-state index in [1.807, 2.05) is 6.92 Å². The summed E-state index contributed by atoms with van der Waals surface area (Å²) in [5.74, 6) is 0.204. The quantitative estimate of drug-likeness (QED) is 0.492. The van der Waals surface area contributed by atoms with Gasteiger partial charge in [0.15, 0.2) is 0 Å². The van der Waals surface area contributed by atoms with Gasteiger partial charge < -0.3 is 10.2 Å². The van der Waals surface area contributed by atoms with E-state index in [9.17, 15) is 5.11 Å². The van der Waals surface area contributed by atoms with Gasteiger partial charge in [-0.3, -0.25) is 0 Å². The summed E-state index contributed by atoms with van der Waals surface area (Å²) in [4.78, 5) is 0. The van der Waals surface area contributed by atoms with Crippen LogP contribution in [0.5, 0.6) is 0 Å². The van der Waals surface area contributed by atoms with Crippen LogP contribution in [-0.4, -0.2) is 22.9 Å². The minimum absolute atomic E-state index is 0.121. The maximum atomic E-state index is 9.27. The van der Waals surface area contributed by atoms with Crippen LogP contribution >= 0.6 is 0 Å². The maximum absolute atomic E-state index is 9.27. The molecule has 1 unspecified atom stereocenters. The minimum atomic E-state index is -0.549. The van der Waals surface area contributed by atoms with Crippen molar-refractivity contribution in [3.8, 4) is 0 Å². The normalized spacial score (nSPS) is 15.2. The second-order valence-electron chi connectivity index (χ2n) is 3.94. The highest BCUT2D eigenvalue weighted by Gasteiger charge is 2.11. The summed E-state index contributed by atoms with van der Waals surface area (Å²) in [6.45, 7) is 6.03. The van der Waals surface area contributed by atoms with E-state index >= 15 is 0 Å². The van der Waals surface area contributed by atoms with Crippen LogP contribution in [0.25, 0.3) is 0 Å². The van der Waals surface area contributed by atoms with Crippen molar-refractivity contribution in [1.29, 1.82) is 0 Å². The van der Waals surface area contributed by atoms with Crippen LogP contribution < -0.4 is 0 Å². The molecule has 0 bridgehead atoms. The van der Waals surface area contributed by atoms with Crippen LogP contribution in [0.3, 0.4) is 0 Å². The van der Waals surface area contributed by atoms with Gasteiger partial charge in [0.05, 0.1) is 12.7 Å². The predicted molar refractivity (Wildman–Crippen MR) is 55.5 cm³/mol. The first-order chi connectivity index (χ1) is 6.07. The van der Waals surface area contributed by atoms with Gasteiger partial charge >= 0.3 is 0 Å². The zero-order valence-corrected chi connectivity index (χ0v) is 8.95. The maximum Gasteiger partial charge on any atom is 0.0796 e. The van der Waals surface area contributed by atoms with E-state index in [-0.39, 0.29) is 12.5 Å².